The van der Waals surface area contributed by atoms with Crippen molar-refractivity contribution in [1.82, 2.24) is 0 Å². The van der Waals surface area contributed by atoms with Gasteiger partial charge in [-0.2, -0.15) is 0 Å². The van der Waals surface area contributed by atoms with E-state index in [1.165, 1.54) is 30.9 Å². The van der Waals surface area contributed by atoms with E-state index < -0.39 is 0 Å². The maximum absolute atomic E-state index is 13.2. The van der Waals surface area contributed by atoms with Crippen molar-refractivity contribution in [2.45, 2.75) is 13.8 Å². The van der Waals surface area contributed by atoms with Gasteiger partial charge in [0, 0.05) is 4.47 Å². The molecule has 0 spiro atoms. The van der Waals surface area contributed by atoms with Crippen molar-refractivity contribution in [2.24, 2.45) is 0 Å². The van der Waals surface area contributed by atoms with Gasteiger partial charge in [0.25, 0.3) is 11.8 Å². The summed E-state index contributed by atoms with van der Waals surface area (Å²) in [6.07, 6.45) is 1.72. The highest BCUT2D eigenvalue weighted by molar-refractivity contribution is 9.10. The molecule has 1 N–H and O–H groups in total. The van der Waals surface area contributed by atoms with E-state index in [2.05, 4.69) is 21.2 Å². The van der Waals surface area contributed by atoms with Gasteiger partial charge < -0.3 is 19.5 Å². The number of carbonyl (C=O) groups is 2. The molecule has 0 saturated carbocycles. The van der Waals surface area contributed by atoms with E-state index >= 15 is 0 Å². The van der Waals surface area contributed by atoms with Crippen molar-refractivity contribution in [3.63, 3.8) is 0 Å². The summed E-state index contributed by atoms with van der Waals surface area (Å²) in [4.78, 5) is 27.6. The van der Waals surface area contributed by atoms with Crippen LogP contribution in [0.4, 0.5) is 11.4 Å². The molecule has 4 rings (SSSR count). The van der Waals surface area contributed by atoms with Crippen LogP contribution in [0.2, 0.25) is 5.02 Å². The van der Waals surface area contributed by atoms with Gasteiger partial charge in [-0.15, -0.1) is 0 Å². The van der Waals surface area contributed by atoms with Gasteiger partial charge in [-0.25, -0.2) is 0 Å². The summed E-state index contributed by atoms with van der Waals surface area (Å²) < 4.78 is 17.6. The van der Waals surface area contributed by atoms with Crippen LogP contribution in [0, 0.1) is 13.8 Å². The molecule has 1 saturated heterocycles. The zero-order valence-electron chi connectivity index (χ0n) is 21.5. The van der Waals surface area contributed by atoms with E-state index in [1.807, 2.05) is 26.0 Å². The molecular formula is C28H24BrClN2O5S2. The lowest BCUT2D eigenvalue weighted by Gasteiger charge is -2.15. The minimum atomic E-state index is -0.313. The van der Waals surface area contributed by atoms with E-state index in [0.717, 1.165) is 15.6 Å². The molecule has 0 unspecified atom stereocenters. The van der Waals surface area contributed by atoms with E-state index in [1.54, 1.807) is 42.5 Å². The first-order valence-electron chi connectivity index (χ1n) is 11.6. The van der Waals surface area contributed by atoms with Gasteiger partial charge in [0.2, 0.25) is 0 Å². The molecule has 0 aliphatic carbocycles. The van der Waals surface area contributed by atoms with E-state index in [4.69, 9.17) is 38.0 Å². The summed E-state index contributed by atoms with van der Waals surface area (Å²) in [5, 5.41) is 3.23. The zero-order chi connectivity index (χ0) is 28.3. The fraction of sp³-hybridized carbons (Fsp3) is 0.179. The summed E-state index contributed by atoms with van der Waals surface area (Å²) in [6, 6.07) is 14.1. The summed E-state index contributed by atoms with van der Waals surface area (Å²) >= 11 is 16.4. The van der Waals surface area contributed by atoms with Crippen LogP contribution in [0.15, 0.2) is 57.9 Å². The summed E-state index contributed by atoms with van der Waals surface area (Å²) in [7, 11) is 3.03. The Hall–Kier alpha value is -3.05. The summed E-state index contributed by atoms with van der Waals surface area (Å²) in [5.74, 6) is 0.740. The summed E-state index contributed by atoms with van der Waals surface area (Å²) in [6.45, 7) is 3.77. The fourth-order valence-corrected chi connectivity index (χ4v) is 5.84. The zero-order valence-corrected chi connectivity index (χ0v) is 25.4. The first-order valence-corrected chi connectivity index (χ1v) is 14.0. The number of nitrogens with one attached hydrogen (secondary N) is 1. The van der Waals surface area contributed by atoms with Gasteiger partial charge in [0.1, 0.15) is 5.75 Å². The van der Waals surface area contributed by atoms with E-state index in [9.17, 15) is 9.59 Å². The number of benzene rings is 3. The quantitative estimate of drug-likeness (QED) is 0.205. The molecule has 11 heteroatoms. The highest BCUT2D eigenvalue weighted by Crippen LogP contribution is 2.39. The monoisotopic (exact) mass is 646 g/mol. The Balaban J connectivity index is 1.46. The minimum Gasteiger partial charge on any atom is -0.495 e. The molecule has 3 aromatic rings. The molecule has 1 aliphatic rings. The van der Waals surface area contributed by atoms with Crippen LogP contribution in [-0.2, 0) is 9.59 Å². The van der Waals surface area contributed by atoms with Crippen LogP contribution in [0.5, 0.6) is 17.2 Å². The number of hydrogen-bond donors (Lipinski definition) is 1. The molecule has 3 aromatic carbocycles. The van der Waals surface area contributed by atoms with Crippen molar-refractivity contribution in [3.8, 4) is 17.2 Å². The number of thioether (sulfide) groups is 1. The summed E-state index contributed by atoms with van der Waals surface area (Å²) in [5.41, 5.74) is 4.11. The Labute approximate surface area is 249 Å². The fourth-order valence-electron chi connectivity index (χ4n) is 3.74. The average Bonchev–Trinajstić information content (AvgIpc) is 3.18. The van der Waals surface area contributed by atoms with Crippen molar-refractivity contribution in [3.05, 3.63) is 79.6 Å². The Morgan fingerprint density at radius 2 is 1.74 bits per heavy atom. The molecule has 202 valence electrons. The molecule has 0 radical (unpaired) electrons. The maximum atomic E-state index is 13.2. The van der Waals surface area contributed by atoms with Crippen LogP contribution in [0.3, 0.4) is 0 Å². The van der Waals surface area contributed by atoms with Gasteiger partial charge in [0.15, 0.2) is 22.4 Å². The van der Waals surface area contributed by atoms with Crippen LogP contribution >= 0.6 is 51.5 Å². The number of halogens is 2. The number of aryl methyl sites for hydroxylation is 2. The molecule has 1 fully saturated rings. The second-order valence-electron chi connectivity index (χ2n) is 8.50. The first-order chi connectivity index (χ1) is 18.6. The lowest BCUT2D eigenvalue weighted by molar-refractivity contribution is -0.118. The number of carbonyl (C=O) groups excluding carboxylic acids is 2. The lowest BCUT2D eigenvalue weighted by Crippen LogP contribution is -2.27. The molecule has 1 aliphatic heterocycles. The number of nitrogens with zero attached hydrogens (tertiary/aromatic N) is 1. The lowest BCUT2D eigenvalue weighted by atomic mass is 10.1. The van der Waals surface area contributed by atoms with Gasteiger partial charge >= 0.3 is 0 Å². The third kappa shape index (κ3) is 6.58. The second kappa shape index (κ2) is 12.4. The minimum absolute atomic E-state index is 0.210. The van der Waals surface area contributed by atoms with Gasteiger partial charge in [-0.3, -0.25) is 14.5 Å². The van der Waals surface area contributed by atoms with E-state index in [0.29, 0.717) is 48.4 Å². The molecule has 2 amide bonds. The van der Waals surface area contributed by atoms with Crippen molar-refractivity contribution < 1.29 is 23.8 Å². The maximum Gasteiger partial charge on any atom is 0.270 e. The van der Waals surface area contributed by atoms with Crippen LogP contribution < -0.4 is 24.4 Å². The highest BCUT2D eigenvalue weighted by atomic mass is 79.9. The molecule has 0 atom stereocenters. The number of ether oxygens (including phenoxy) is 3. The highest BCUT2D eigenvalue weighted by Gasteiger charge is 2.33. The SMILES string of the molecule is COc1ccc(N2C(=O)/C(=C\c3ccc(OCC(=O)Nc4cc(C)c(C)cc4Br)c(OC)c3)SC2=S)cc1Cl. The topological polar surface area (TPSA) is 77.1 Å². The standard InChI is InChI=1S/C28H24BrClN2O5S2/c1-15-9-19(29)21(10-16(15)2)31-26(33)14-37-23-7-5-17(11-24(23)36-4)12-25-27(34)32(28(38)39-25)18-6-8-22(35-3)20(30)13-18/h5-13H,14H2,1-4H3,(H,31,33)/b25-12+. The Kier molecular flexibility index (Phi) is 9.22. The van der Waals surface area contributed by atoms with Crippen LogP contribution in [-0.4, -0.2) is 37.0 Å². The molecular weight excluding hydrogens is 624 g/mol. The number of amides is 2. The predicted octanol–water partition coefficient (Wildman–Crippen LogP) is 7.16. The van der Waals surface area contributed by atoms with Crippen molar-refractivity contribution in [2.75, 3.05) is 31.0 Å². The number of thiocarbonyl (C=S) groups is 1. The largest absolute Gasteiger partial charge is 0.495 e. The molecule has 1 heterocycles. The Bertz CT molecular complexity index is 1510. The normalized spacial score (nSPS) is 14.1. The molecule has 7 nitrogen and oxygen atoms in total. The second-order valence-corrected chi connectivity index (χ2v) is 11.4. The van der Waals surface area contributed by atoms with Gasteiger partial charge in [-0.1, -0.05) is 41.6 Å². The van der Waals surface area contributed by atoms with E-state index in [-0.39, 0.29) is 18.4 Å². The Morgan fingerprint density at radius 1 is 1.05 bits per heavy atom. The van der Waals surface area contributed by atoms with Crippen molar-refractivity contribution in [1.29, 1.82) is 0 Å². The Morgan fingerprint density at radius 3 is 2.44 bits per heavy atom. The molecule has 0 bridgehead atoms. The van der Waals surface area contributed by atoms with Gasteiger partial charge in [0.05, 0.1) is 35.5 Å². The van der Waals surface area contributed by atoms with Gasteiger partial charge in [-0.05, 0) is 95.0 Å². The third-order valence-electron chi connectivity index (χ3n) is 5.89. The van der Waals surface area contributed by atoms with Crippen LogP contribution in [0.25, 0.3) is 6.08 Å². The number of anilines is 2. The number of methoxy groups -OCH3 is 2. The third-order valence-corrected chi connectivity index (χ3v) is 8.14. The smallest absolute Gasteiger partial charge is 0.270 e. The number of hydrogen-bond acceptors (Lipinski definition) is 7. The molecule has 39 heavy (non-hydrogen) atoms. The first kappa shape index (κ1) is 28.9. The predicted molar refractivity (Wildman–Crippen MR) is 164 cm³/mol. The van der Waals surface area contributed by atoms with Crippen LogP contribution in [0.1, 0.15) is 16.7 Å². The number of rotatable bonds is 8. The molecule has 0 aromatic heterocycles. The average molecular weight is 648 g/mol. The van der Waals surface area contributed by atoms with Crippen molar-refractivity contribution >= 4 is 85.1 Å².